The number of hydrogen-bond acceptors (Lipinski definition) is 3. The summed E-state index contributed by atoms with van der Waals surface area (Å²) >= 11 is 0. The van der Waals surface area contributed by atoms with E-state index in [2.05, 4.69) is 11.8 Å². The van der Waals surface area contributed by atoms with E-state index in [1.165, 1.54) is 32.2 Å². The third-order valence-corrected chi connectivity index (χ3v) is 3.41. The van der Waals surface area contributed by atoms with E-state index in [9.17, 15) is 0 Å². The van der Waals surface area contributed by atoms with Gasteiger partial charge >= 0.3 is 0 Å². The molecule has 2 rings (SSSR count). The first-order valence-electron chi connectivity index (χ1n) is 6.87. The summed E-state index contributed by atoms with van der Waals surface area (Å²) in [7, 11) is 0. The van der Waals surface area contributed by atoms with E-state index < -0.39 is 0 Å². The van der Waals surface area contributed by atoms with Crippen molar-refractivity contribution >= 4 is 0 Å². The lowest BCUT2D eigenvalue weighted by Crippen LogP contribution is -2.33. The zero-order chi connectivity index (χ0) is 11.2. The Balaban J connectivity index is 1.64. The summed E-state index contributed by atoms with van der Waals surface area (Å²) in [5.41, 5.74) is 0. The van der Waals surface area contributed by atoms with Crippen LogP contribution in [0.1, 0.15) is 45.4 Å². The minimum atomic E-state index is 0.0663. The van der Waals surface area contributed by atoms with Gasteiger partial charge in [0.05, 0.1) is 13.2 Å². The lowest BCUT2D eigenvalue weighted by atomic mass is 10.2. The van der Waals surface area contributed by atoms with Crippen LogP contribution >= 0.6 is 0 Å². The fraction of sp³-hybridized carbons (Fsp3) is 1.00. The average Bonchev–Trinajstić information content (AvgIpc) is 3.15. The summed E-state index contributed by atoms with van der Waals surface area (Å²) in [5.74, 6) is 0. The molecule has 1 heterocycles. The smallest absolute Gasteiger partial charge is 0.158 e. The zero-order valence-electron chi connectivity index (χ0n) is 10.5. The van der Waals surface area contributed by atoms with Gasteiger partial charge < -0.3 is 14.4 Å². The third-order valence-electron chi connectivity index (χ3n) is 3.41. The van der Waals surface area contributed by atoms with Crippen molar-refractivity contribution in [2.75, 3.05) is 26.3 Å². The summed E-state index contributed by atoms with van der Waals surface area (Å²) in [6.07, 6.45) is 7.57. The molecule has 0 amide bonds. The number of nitrogens with zero attached hydrogens (tertiary/aromatic N) is 1. The molecule has 0 aromatic heterocycles. The van der Waals surface area contributed by atoms with Crippen LogP contribution in [-0.4, -0.2) is 43.5 Å². The van der Waals surface area contributed by atoms with Gasteiger partial charge in [-0.3, -0.25) is 0 Å². The summed E-state index contributed by atoms with van der Waals surface area (Å²) in [4.78, 5) is 2.63. The predicted octanol–water partition coefficient (Wildman–Crippen LogP) is 2.40. The molecule has 2 aliphatic rings. The average molecular weight is 227 g/mol. The van der Waals surface area contributed by atoms with Gasteiger partial charge in [-0.2, -0.15) is 0 Å². The molecule has 0 spiro atoms. The van der Waals surface area contributed by atoms with Gasteiger partial charge in [-0.05, 0) is 32.2 Å². The zero-order valence-corrected chi connectivity index (χ0v) is 10.5. The second kappa shape index (κ2) is 6.58. The molecule has 2 fully saturated rings. The minimum Gasteiger partial charge on any atom is -0.353 e. The van der Waals surface area contributed by atoms with Gasteiger partial charge in [-0.25, -0.2) is 0 Å². The summed E-state index contributed by atoms with van der Waals surface area (Å²) in [5, 5.41) is 0. The molecular formula is C13H25NO2. The van der Waals surface area contributed by atoms with E-state index in [0.29, 0.717) is 0 Å². The topological polar surface area (TPSA) is 21.7 Å². The molecule has 94 valence electrons. The molecule has 0 aromatic rings. The van der Waals surface area contributed by atoms with E-state index >= 15 is 0 Å². The van der Waals surface area contributed by atoms with Crippen molar-refractivity contribution < 1.29 is 9.47 Å². The highest BCUT2D eigenvalue weighted by molar-refractivity contribution is 4.84. The molecule has 0 bridgehead atoms. The Morgan fingerprint density at radius 3 is 2.50 bits per heavy atom. The molecule has 0 radical (unpaired) electrons. The molecule has 0 aromatic carbocycles. The second-order valence-electron chi connectivity index (χ2n) is 4.93. The molecule has 0 N–H and O–H groups in total. The van der Waals surface area contributed by atoms with Gasteiger partial charge in [0.25, 0.3) is 0 Å². The Labute approximate surface area is 99.1 Å². The molecule has 0 unspecified atom stereocenters. The molecule has 3 heteroatoms. The van der Waals surface area contributed by atoms with Crippen LogP contribution in [0.2, 0.25) is 0 Å². The van der Waals surface area contributed by atoms with Crippen LogP contribution in [0.3, 0.4) is 0 Å². The summed E-state index contributed by atoms with van der Waals surface area (Å²) in [6, 6.07) is 0.871. The fourth-order valence-corrected chi connectivity index (χ4v) is 2.25. The number of unbranched alkanes of at least 4 members (excludes halogenated alkanes) is 1. The van der Waals surface area contributed by atoms with Crippen molar-refractivity contribution in [1.29, 1.82) is 0 Å². The maximum Gasteiger partial charge on any atom is 0.158 e. The molecule has 1 aliphatic heterocycles. The second-order valence-corrected chi connectivity index (χ2v) is 4.93. The SMILES string of the molecule is CCCCN(CCC1OCCCO1)C1CC1. The van der Waals surface area contributed by atoms with Crippen molar-refractivity contribution in [3.05, 3.63) is 0 Å². The van der Waals surface area contributed by atoms with E-state index in [0.717, 1.165) is 38.6 Å². The molecule has 1 saturated heterocycles. The van der Waals surface area contributed by atoms with Crippen molar-refractivity contribution in [2.24, 2.45) is 0 Å². The van der Waals surface area contributed by atoms with Crippen LogP contribution < -0.4 is 0 Å². The van der Waals surface area contributed by atoms with Gasteiger partial charge in [-0.1, -0.05) is 13.3 Å². The van der Waals surface area contributed by atoms with Crippen LogP contribution in [0.4, 0.5) is 0 Å². The number of ether oxygens (including phenoxy) is 2. The first-order chi connectivity index (χ1) is 7.90. The van der Waals surface area contributed by atoms with Crippen molar-refractivity contribution in [2.45, 2.75) is 57.8 Å². The minimum absolute atomic E-state index is 0.0663. The van der Waals surface area contributed by atoms with Crippen molar-refractivity contribution in [3.8, 4) is 0 Å². The largest absolute Gasteiger partial charge is 0.353 e. The Kier molecular flexibility index (Phi) is 5.07. The van der Waals surface area contributed by atoms with Crippen LogP contribution in [0.15, 0.2) is 0 Å². The van der Waals surface area contributed by atoms with E-state index in [1.807, 2.05) is 0 Å². The quantitative estimate of drug-likeness (QED) is 0.666. The molecule has 16 heavy (non-hydrogen) atoms. The standard InChI is InChI=1S/C13H25NO2/c1-2-3-8-14(12-5-6-12)9-7-13-15-10-4-11-16-13/h12-13H,2-11H2,1H3. The molecule has 1 saturated carbocycles. The van der Waals surface area contributed by atoms with E-state index in [4.69, 9.17) is 9.47 Å². The Morgan fingerprint density at radius 2 is 1.88 bits per heavy atom. The number of hydrogen-bond donors (Lipinski definition) is 0. The van der Waals surface area contributed by atoms with Gasteiger partial charge in [0.2, 0.25) is 0 Å². The third kappa shape index (κ3) is 4.04. The molecule has 3 nitrogen and oxygen atoms in total. The van der Waals surface area contributed by atoms with Gasteiger partial charge in [-0.15, -0.1) is 0 Å². The molecule has 1 aliphatic carbocycles. The van der Waals surface area contributed by atoms with Crippen LogP contribution in [0.25, 0.3) is 0 Å². The molecular weight excluding hydrogens is 202 g/mol. The van der Waals surface area contributed by atoms with Gasteiger partial charge in [0.15, 0.2) is 6.29 Å². The van der Waals surface area contributed by atoms with Crippen LogP contribution in [-0.2, 0) is 9.47 Å². The van der Waals surface area contributed by atoms with Crippen molar-refractivity contribution in [3.63, 3.8) is 0 Å². The summed E-state index contributed by atoms with van der Waals surface area (Å²) in [6.45, 7) is 6.42. The van der Waals surface area contributed by atoms with Crippen molar-refractivity contribution in [1.82, 2.24) is 4.90 Å². The lowest BCUT2D eigenvalue weighted by molar-refractivity contribution is -0.182. The first-order valence-corrected chi connectivity index (χ1v) is 6.87. The highest BCUT2D eigenvalue weighted by Gasteiger charge is 2.29. The number of rotatable bonds is 7. The molecule has 0 atom stereocenters. The van der Waals surface area contributed by atoms with Crippen LogP contribution in [0.5, 0.6) is 0 Å². The van der Waals surface area contributed by atoms with Crippen LogP contribution in [0, 0.1) is 0 Å². The summed E-state index contributed by atoms with van der Waals surface area (Å²) < 4.78 is 11.2. The first kappa shape index (κ1) is 12.3. The Bertz CT molecular complexity index is 188. The van der Waals surface area contributed by atoms with Gasteiger partial charge in [0.1, 0.15) is 0 Å². The maximum atomic E-state index is 5.58. The Hall–Kier alpha value is -0.120. The highest BCUT2D eigenvalue weighted by Crippen LogP contribution is 2.27. The fourth-order valence-electron chi connectivity index (χ4n) is 2.25. The lowest BCUT2D eigenvalue weighted by Gasteiger charge is -2.27. The normalized spacial score (nSPS) is 22.9. The monoisotopic (exact) mass is 227 g/mol. The predicted molar refractivity (Wildman–Crippen MR) is 64.4 cm³/mol. The highest BCUT2D eigenvalue weighted by atomic mass is 16.7. The van der Waals surface area contributed by atoms with E-state index in [1.54, 1.807) is 0 Å². The maximum absolute atomic E-state index is 5.58. The van der Waals surface area contributed by atoms with E-state index in [-0.39, 0.29) is 6.29 Å². The van der Waals surface area contributed by atoms with Gasteiger partial charge in [0, 0.05) is 19.0 Å². The Morgan fingerprint density at radius 1 is 1.12 bits per heavy atom.